The molecular weight excluding hydrogens is 318 g/mol. The van der Waals surface area contributed by atoms with E-state index in [-0.39, 0.29) is 30.0 Å². The van der Waals surface area contributed by atoms with Gasteiger partial charge in [0.05, 0.1) is 24.3 Å². The molecule has 2 N–H and O–H groups in total. The fraction of sp³-hybridized carbons (Fsp3) is 0.250. The molecular formula is C16H17NO7. The van der Waals surface area contributed by atoms with Crippen LogP contribution >= 0.6 is 0 Å². The molecule has 24 heavy (non-hydrogen) atoms. The lowest BCUT2D eigenvalue weighted by Gasteiger charge is -2.09. The number of hydrogen-bond acceptors (Lipinski definition) is 6. The third-order valence-electron chi connectivity index (χ3n) is 2.60. The van der Waals surface area contributed by atoms with Crippen molar-refractivity contribution in [1.82, 2.24) is 0 Å². The fourth-order valence-electron chi connectivity index (χ4n) is 1.70. The van der Waals surface area contributed by atoms with Crippen molar-refractivity contribution in [2.45, 2.75) is 13.8 Å². The van der Waals surface area contributed by atoms with E-state index in [1.807, 2.05) is 0 Å². The zero-order valence-electron chi connectivity index (χ0n) is 13.2. The van der Waals surface area contributed by atoms with Gasteiger partial charge in [-0.2, -0.15) is 0 Å². The van der Waals surface area contributed by atoms with Crippen molar-refractivity contribution in [3.8, 4) is 0 Å². The number of aliphatic carboxylic acids is 1. The number of carboxylic acid groups (broad SMARTS) is 1. The third-order valence-corrected chi connectivity index (χ3v) is 2.60. The van der Waals surface area contributed by atoms with Gasteiger partial charge in [-0.15, -0.1) is 0 Å². The molecule has 0 heterocycles. The van der Waals surface area contributed by atoms with Gasteiger partial charge in [-0.25, -0.2) is 14.4 Å². The standard InChI is InChI=1S/C16H17NO7/c1-3-23-15(21)10-7-11(16(22)24-4-2)9-12(8-10)17-13(18)5-6-14(19)20/h5-9H,3-4H2,1-2H3,(H,17,18)(H,19,20)/b6-5-. The summed E-state index contributed by atoms with van der Waals surface area (Å²) in [6.07, 6.45) is 1.47. The highest BCUT2D eigenvalue weighted by Gasteiger charge is 2.15. The maximum atomic E-state index is 11.9. The molecule has 0 aromatic heterocycles. The molecule has 8 heteroatoms. The number of carbonyl (C=O) groups is 4. The lowest BCUT2D eigenvalue weighted by atomic mass is 10.1. The number of esters is 2. The summed E-state index contributed by atoms with van der Waals surface area (Å²) in [6, 6.07) is 3.92. The molecule has 0 unspecified atom stereocenters. The predicted octanol–water partition coefficient (Wildman–Crippen LogP) is 1.62. The van der Waals surface area contributed by atoms with E-state index in [0.29, 0.717) is 6.08 Å². The zero-order valence-corrected chi connectivity index (χ0v) is 13.2. The molecule has 1 aromatic carbocycles. The van der Waals surface area contributed by atoms with Crippen LogP contribution in [-0.2, 0) is 19.1 Å². The van der Waals surface area contributed by atoms with Crippen molar-refractivity contribution in [1.29, 1.82) is 0 Å². The summed E-state index contributed by atoms with van der Waals surface area (Å²) in [5.41, 5.74) is 0.239. The van der Waals surface area contributed by atoms with Crippen molar-refractivity contribution < 1.29 is 33.8 Å². The number of amides is 1. The molecule has 0 atom stereocenters. The first-order valence-electron chi connectivity index (χ1n) is 7.08. The van der Waals surface area contributed by atoms with E-state index in [1.54, 1.807) is 13.8 Å². The Balaban J connectivity index is 3.13. The highest BCUT2D eigenvalue weighted by Crippen LogP contribution is 2.17. The first kappa shape index (κ1) is 18.9. The van der Waals surface area contributed by atoms with Gasteiger partial charge < -0.3 is 19.9 Å². The van der Waals surface area contributed by atoms with Crippen LogP contribution in [0.3, 0.4) is 0 Å². The second-order valence-electron chi connectivity index (χ2n) is 4.40. The molecule has 0 aliphatic carbocycles. The van der Waals surface area contributed by atoms with Crippen LogP contribution in [0, 0.1) is 0 Å². The maximum Gasteiger partial charge on any atom is 0.338 e. The van der Waals surface area contributed by atoms with E-state index in [1.165, 1.54) is 18.2 Å². The van der Waals surface area contributed by atoms with Crippen molar-refractivity contribution in [2.75, 3.05) is 18.5 Å². The maximum absolute atomic E-state index is 11.9. The quantitative estimate of drug-likeness (QED) is 0.574. The van der Waals surface area contributed by atoms with E-state index in [9.17, 15) is 19.2 Å². The Hall–Kier alpha value is -3.16. The minimum absolute atomic E-state index is 0.0555. The largest absolute Gasteiger partial charge is 0.478 e. The van der Waals surface area contributed by atoms with Crippen molar-refractivity contribution in [2.24, 2.45) is 0 Å². The number of benzene rings is 1. The van der Waals surface area contributed by atoms with Gasteiger partial charge in [-0.1, -0.05) is 0 Å². The first-order valence-corrected chi connectivity index (χ1v) is 7.08. The number of ether oxygens (including phenoxy) is 2. The lowest BCUT2D eigenvalue weighted by molar-refractivity contribution is -0.131. The van der Waals surface area contributed by atoms with Gasteiger partial charge in [0.2, 0.25) is 5.91 Å². The number of rotatable bonds is 7. The van der Waals surface area contributed by atoms with Crippen LogP contribution in [-0.4, -0.2) is 42.1 Å². The van der Waals surface area contributed by atoms with E-state index < -0.39 is 23.8 Å². The normalized spacial score (nSPS) is 10.2. The number of carbonyl (C=O) groups excluding carboxylic acids is 3. The average molecular weight is 335 g/mol. The van der Waals surface area contributed by atoms with Crippen LogP contribution < -0.4 is 5.32 Å². The summed E-state index contributed by atoms with van der Waals surface area (Å²) in [4.78, 5) is 45.7. The summed E-state index contributed by atoms with van der Waals surface area (Å²) in [5.74, 6) is -3.34. The van der Waals surface area contributed by atoms with E-state index in [2.05, 4.69) is 5.32 Å². The number of hydrogen-bond donors (Lipinski definition) is 2. The van der Waals surface area contributed by atoms with Gasteiger partial charge in [0.25, 0.3) is 0 Å². The Morgan fingerprint density at radius 1 is 0.958 bits per heavy atom. The van der Waals surface area contributed by atoms with Gasteiger partial charge in [-0.05, 0) is 32.0 Å². The second-order valence-corrected chi connectivity index (χ2v) is 4.40. The minimum Gasteiger partial charge on any atom is -0.478 e. The molecule has 0 bridgehead atoms. The minimum atomic E-state index is -1.28. The molecule has 1 amide bonds. The summed E-state index contributed by atoms with van der Waals surface area (Å²) < 4.78 is 9.73. The van der Waals surface area contributed by atoms with Crippen LogP contribution in [0.15, 0.2) is 30.4 Å². The van der Waals surface area contributed by atoms with E-state index in [0.717, 1.165) is 6.08 Å². The molecule has 0 aliphatic heterocycles. The monoisotopic (exact) mass is 335 g/mol. The molecule has 0 spiro atoms. The van der Waals surface area contributed by atoms with Crippen LogP contribution in [0.5, 0.6) is 0 Å². The molecule has 0 radical (unpaired) electrons. The van der Waals surface area contributed by atoms with Crippen molar-refractivity contribution >= 4 is 29.5 Å². The van der Waals surface area contributed by atoms with Crippen LogP contribution in [0.2, 0.25) is 0 Å². The molecule has 0 fully saturated rings. The van der Waals surface area contributed by atoms with Gasteiger partial charge >= 0.3 is 17.9 Å². The molecule has 128 valence electrons. The second kappa shape index (κ2) is 9.09. The molecule has 1 rings (SSSR count). The molecule has 0 saturated carbocycles. The average Bonchev–Trinajstić information content (AvgIpc) is 2.53. The molecule has 8 nitrogen and oxygen atoms in total. The van der Waals surface area contributed by atoms with Gasteiger partial charge in [0, 0.05) is 17.8 Å². The summed E-state index contributed by atoms with van der Waals surface area (Å²) in [7, 11) is 0. The van der Waals surface area contributed by atoms with Crippen LogP contribution in [0.1, 0.15) is 34.6 Å². The number of anilines is 1. The number of carboxylic acids is 1. The third kappa shape index (κ3) is 5.91. The van der Waals surface area contributed by atoms with Crippen LogP contribution in [0.4, 0.5) is 5.69 Å². The first-order chi connectivity index (χ1) is 11.4. The summed E-state index contributed by atoms with van der Waals surface area (Å²) >= 11 is 0. The summed E-state index contributed by atoms with van der Waals surface area (Å²) in [5, 5.41) is 10.9. The Morgan fingerprint density at radius 2 is 1.46 bits per heavy atom. The Morgan fingerprint density at radius 3 is 1.88 bits per heavy atom. The Labute approximate surface area is 138 Å². The molecule has 1 aromatic rings. The topological polar surface area (TPSA) is 119 Å². The SMILES string of the molecule is CCOC(=O)c1cc(NC(=O)/C=C\C(=O)O)cc(C(=O)OCC)c1. The Bertz CT molecular complexity index is 643. The van der Waals surface area contributed by atoms with Gasteiger partial charge in [-0.3, -0.25) is 4.79 Å². The summed E-state index contributed by atoms with van der Waals surface area (Å²) in [6.45, 7) is 3.55. The van der Waals surface area contributed by atoms with E-state index >= 15 is 0 Å². The van der Waals surface area contributed by atoms with Gasteiger partial charge in [0.1, 0.15) is 0 Å². The highest BCUT2D eigenvalue weighted by molar-refractivity contribution is 6.04. The smallest absolute Gasteiger partial charge is 0.338 e. The number of nitrogens with one attached hydrogen (secondary N) is 1. The van der Waals surface area contributed by atoms with Crippen LogP contribution in [0.25, 0.3) is 0 Å². The van der Waals surface area contributed by atoms with Crippen molar-refractivity contribution in [3.05, 3.63) is 41.5 Å². The molecule has 0 saturated heterocycles. The van der Waals surface area contributed by atoms with Gasteiger partial charge in [0.15, 0.2) is 0 Å². The molecule has 0 aliphatic rings. The van der Waals surface area contributed by atoms with E-state index in [4.69, 9.17) is 14.6 Å². The zero-order chi connectivity index (χ0) is 18.1. The highest BCUT2D eigenvalue weighted by atomic mass is 16.5. The fourth-order valence-corrected chi connectivity index (χ4v) is 1.70. The Kier molecular flexibility index (Phi) is 7.15. The van der Waals surface area contributed by atoms with Crippen molar-refractivity contribution in [3.63, 3.8) is 0 Å². The predicted molar refractivity (Wildman–Crippen MR) is 83.8 cm³/mol. The lowest BCUT2D eigenvalue weighted by Crippen LogP contribution is -2.13.